The molecule has 3 aromatic rings. The van der Waals surface area contributed by atoms with Gasteiger partial charge in [-0.2, -0.15) is 0 Å². The minimum absolute atomic E-state index is 0.0555. The zero-order valence-electron chi connectivity index (χ0n) is 18.5. The molecule has 162 valence electrons. The van der Waals surface area contributed by atoms with Crippen molar-refractivity contribution < 1.29 is 9.53 Å². The maximum absolute atomic E-state index is 12.7. The van der Waals surface area contributed by atoms with Gasteiger partial charge >= 0.3 is 0 Å². The third-order valence-electron chi connectivity index (χ3n) is 4.79. The first-order valence-electron chi connectivity index (χ1n) is 10.1. The van der Waals surface area contributed by atoms with E-state index in [1.165, 1.54) is 17.3 Å². The van der Waals surface area contributed by atoms with Gasteiger partial charge in [-0.15, -0.1) is 10.2 Å². The van der Waals surface area contributed by atoms with Crippen LogP contribution < -0.4 is 4.74 Å². The molecule has 0 fully saturated rings. The van der Waals surface area contributed by atoms with E-state index < -0.39 is 0 Å². The van der Waals surface area contributed by atoms with Crippen LogP contribution in [0.25, 0.3) is 17.1 Å². The lowest BCUT2D eigenvalue weighted by Crippen LogP contribution is -2.33. The Bertz CT molecular complexity index is 1040. The Labute approximate surface area is 187 Å². The third kappa shape index (κ3) is 5.55. The predicted molar refractivity (Wildman–Crippen MR) is 126 cm³/mol. The Hall–Kier alpha value is -3.06. The number of ether oxygens (including phenoxy) is 1. The third-order valence-corrected chi connectivity index (χ3v) is 5.71. The van der Waals surface area contributed by atoms with Crippen LogP contribution in [0.3, 0.4) is 0 Å². The molecule has 0 radical (unpaired) electrons. The number of aryl methyl sites for hydroxylation is 1. The van der Waals surface area contributed by atoms with Crippen molar-refractivity contribution in [3.63, 3.8) is 0 Å². The highest BCUT2D eigenvalue weighted by molar-refractivity contribution is 7.99. The molecule has 6 nitrogen and oxygen atoms in total. The molecule has 1 heterocycles. The van der Waals surface area contributed by atoms with Crippen LogP contribution in [0, 0.1) is 6.92 Å². The Kier molecular flexibility index (Phi) is 7.52. The summed E-state index contributed by atoms with van der Waals surface area (Å²) in [5.41, 5.74) is 4.01. The number of hydrogen-bond acceptors (Lipinski definition) is 5. The molecular weight excluding hydrogens is 408 g/mol. The number of methoxy groups -OCH3 is 1. The van der Waals surface area contributed by atoms with E-state index in [1.807, 2.05) is 54.8 Å². The van der Waals surface area contributed by atoms with Crippen LogP contribution >= 0.6 is 11.8 Å². The summed E-state index contributed by atoms with van der Waals surface area (Å²) in [6, 6.07) is 15.9. The van der Waals surface area contributed by atoms with Crippen LogP contribution in [-0.4, -0.2) is 51.5 Å². The minimum Gasteiger partial charge on any atom is -0.497 e. The second-order valence-electron chi connectivity index (χ2n) is 7.36. The fraction of sp³-hybridized carbons (Fsp3) is 0.292. The summed E-state index contributed by atoms with van der Waals surface area (Å²) in [6.45, 7) is 11.1. The van der Waals surface area contributed by atoms with Crippen LogP contribution in [0.1, 0.15) is 19.4 Å². The van der Waals surface area contributed by atoms with Crippen LogP contribution in [0.2, 0.25) is 0 Å². The minimum atomic E-state index is 0.0555. The number of hydrogen-bond donors (Lipinski definition) is 0. The Morgan fingerprint density at radius 3 is 2.39 bits per heavy atom. The van der Waals surface area contributed by atoms with Crippen molar-refractivity contribution in [3.8, 4) is 22.8 Å². The van der Waals surface area contributed by atoms with Gasteiger partial charge in [0.25, 0.3) is 0 Å². The van der Waals surface area contributed by atoms with Gasteiger partial charge in [0.2, 0.25) is 5.91 Å². The SMILES string of the molecule is C=C(C)CN(CC)C(=O)CSc1nnc(-c2ccc(OC)cc2)n1-c1ccc(C)cc1. The molecular formula is C24H28N4O2S. The largest absolute Gasteiger partial charge is 0.497 e. The number of nitrogens with zero attached hydrogens (tertiary/aromatic N) is 4. The van der Waals surface area contributed by atoms with Gasteiger partial charge in [-0.05, 0) is 57.2 Å². The van der Waals surface area contributed by atoms with Crippen molar-refractivity contribution in [1.29, 1.82) is 0 Å². The predicted octanol–water partition coefficient (Wildman–Crippen LogP) is 4.77. The van der Waals surface area contributed by atoms with Crippen molar-refractivity contribution in [2.24, 2.45) is 0 Å². The van der Waals surface area contributed by atoms with E-state index in [0.717, 1.165) is 28.4 Å². The van der Waals surface area contributed by atoms with Crippen LogP contribution in [0.5, 0.6) is 5.75 Å². The van der Waals surface area contributed by atoms with Gasteiger partial charge in [-0.25, -0.2) is 0 Å². The first-order valence-corrected chi connectivity index (χ1v) is 11.1. The summed E-state index contributed by atoms with van der Waals surface area (Å²) in [5, 5.41) is 9.53. The van der Waals surface area contributed by atoms with E-state index in [2.05, 4.69) is 35.8 Å². The summed E-state index contributed by atoms with van der Waals surface area (Å²) in [4.78, 5) is 14.5. The maximum Gasteiger partial charge on any atom is 0.233 e. The molecule has 1 amide bonds. The van der Waals surface area contributed by atoms with Crippen molar-refractivity contribution >= 4 is 17.7 Å². The molecule has 31 heavy (non-hydrogen) atoms. The summed E-state index contributed by atoms with van der Waals surface area (Å²) < 4.78 is 7.26. The molecule has 0 atom stereocenters. The second kappa shape index (κ2) is 10.3. The number of thioether (sulfide) groups is 1. The van der Waals surface area contributed by atoms with E-state index in [0.29, 0.717) is 18.2 Å². The first-order chi connectivity index (χ1) is 14.9. The van der Waals surface area contributed by atoms with E-state index in [1.54, 1.807) is 12.0 Å². The number of amides is 1. The van der Waals surface area contributed by atoms with E-state index in [-0.39, 0.29) is 11.7 Å². The summed E-state index contributed by atoms with van der Waals surface area (Å²) in [6.07, 6.45) is 0. The number of aromatic nitrogens is 3. The van der Waals surface area contributed by atoms with Crippen molar-refractivity contribution in [2.45, 2.75) is 25.9 Å². The number of benzene rings is 2. The standard InChI is InChI=1S/C24H28N4O2S/c1-6-27(15-17(2)3)22(29)16-31-24-26-25-23(19-9-13-21(30-5)14-10-19)28(24)20-11-7-18(4)8-12-20/h7-14H,2,6,15-16H2,1,3-5H3. The molecule has 0 aliphatic heterocycles. The molecule has 0 unspecified atom stereocenters. The fourth-order valence-electron chi connectivity index (χ4n) is 3.14. The van der Waals surface area contributed by atoms with Crippen molar-refractivity contribution in [2.75, 3.05) is 26.0 Å². The zero-order valence-corrected chi connectivity index (χ0v) is 19.3. The molecule has 0 spiro atoms. The Morgan fingerprint density at radius 1 is 1.13 bits per heavy atom. The Morgan fingerprint density at radius 2 is 1.81 bits per heavy atom. The number of rotatable bonds is 9. The van der Waals surface area contributed by atoms with Gasteiger partial charge in [-0.3, -0.25) is 9.36 Å². The van der Waals surface area contributed by atoms with E-state index in [4.69, 9.17) is 4.74 Å². The molecule has 1 aromatic heterocycles. The number of likely N-dealkylation sites (N-methyl/N-ethyl adjacent to an activating group) is 1. The highest BCUT2D eigenvalue weighted by Crippen LogP contribution is 2.29. The first kappa shape index (κ1) is 22.6. The second-order valence-corrected chi connectivity index (χ2v) is 8.30. The molecule has 0 aliphatic carbocycles. The lowest BCUT2D eigenvalue weighted by molar-refractivity contribution is -0.127. The summed E-state index contributed by atoms with van der Waals surface area (Å²) in [5.74, 6) is 1.84. The Balaban J connectivity index is 1.92. The quantitative estimate of drug-likeness (QED) is 0.357. The van der Waals surface area contributed by atoms with Crippen LogP contribution in [0.4, 0.5) is 0 Å². The van der Waals surface area contributed by atoms with Crippen LogP contribution in [0.15, 0.2) is 65.8 Å². The normalized spacial score (nSPS) is 10.7. The average Bonchev–Trinajstić information content (AvgIpc) is 3.20. The summed E-state index contributed by atoms with van der Waals surface area (Å²) in [7, 11) is 1.64. The van der Waals surface area contributed by atoms with Crippen molar-refractivity contribution in [3.05, 3.63) is 66.2 Å². The van der Waals surface area contributed by atoms with Gasteiger partial charge < -0.3 is 9.64 Å². The zero-order chi connectivity index (χ0) is 22.4. The van der Waals surface area contributed by atoms with Gasteiger partial charge in [0.1, 0.15) is 5.75 Å². The lowest BCUT2D eigenvalue weighted by Gasteiger charge is -2.20. The monoisotopic (exact) mass is 436 g/mol. The molecule has 0 N–H and O–H groups in total. The molecule has 3 rings (SSSR count). The highest BCUT2D eigenvalue weighted by atomic mass is 32.2. The van der Waals surface area contributed by atoms with Gasteiger partial charge in [0, 0.05) is 24.3 Å². The molecule has 0 saturated heterocycles. The smallest absolute Gasteiger partial charge is 0.233 e. The number of carbonyl (C=O) groups is 1. The van der Waals surface area contributed by atoms with Gasteiger partial charge in [0.15, 0.2) is 11.0 Å². The van der Waals surface area contributed by atoms with Crippen LogP contribution in [-0.2, 0) is 4.79 Å². The lowest BCUT2D eigenvalue weighted by atomic mass is 10.2. The van der Waals surface area contributed by atoms with Gasteiger partial charge in [-0.1, -0.05) is 41.6 Å². The molecule has 2 aromatic carbocycles. The fourth-order valence-corrected chi connectivity index (χ4v) is 3.99. The van der Waals surface area contributed by atoms with E-state index >= 15 is 0 Å². The molecule has 0 aliphatic rings. The van der Waals surface area contributed by atoms with E-state index in [9.17, 15) is 4.79 Å². The number of carbonyl (C=O) groups excluding carboxylic acids is 1. The highest BCUT2D eigenvalue weighted by Gasteiger charge is 2.19. The van der Waals surface area contributed by atoms with Crippen molar-refractivity contribution in [1.82, 2.24) is 19.7 Å². The molecule has 7 heteroatoms. The molecule has 0 saturated carbocycles. The summed E-state index contributed by atoms with van der Waals surface area (Å²) >= 11 is 1.39. The van der Waals surface area contributed by atoms with Gasteiger partial charge in [0.05, 0.1) is 12.9 Å². The topological polar surface area (TPSA) is 60.3 Å². The average molecular weight is 437 g/mol. The maximum atomic E-state index is 12.7. The molecule has 0 bridgehead atoms.